The van der Waals surface area contributed by atoms with Crippen LogP contribution in [-0.4, -0.2) is 25.6 Å². The summed E-state index contributed by atoms with van der Waals surface area (Å²) in [5, 5.41) is 5.45. The molecule has 0 saturated carbocycles. The van der Waals surface area contributed by atoms with Crippen LogP contribution in [-0.2, 0) is 14.6 Å². The van der Waals surface area contributed by atoms with E-state index in [0.29, 0.717) is 5.69 Å². The third-order valence-electron chi connectivity index (χ3n) is 2.59. The van der Waals surface area contributed by atoms with E-state index in [1.54, 1.807) is 18.2 Å². The molecule has 0 atom stereocenters. The molecule has 0 spiro atoms. The molecule has 1 heterocycles. The van der Waals surface area contributed by atoms with Crippen LogP contribution in [0.5, 0.6) is 0 Å². The molecule has 1 N–H and O–H groups in total. The van der Waals surface area contributed by atoms with Crippen molar-refractivity contribution in [1.82, 2.24) is 4.98 Å². The molecule has 0 unspecified atom stereocenters. The van der Waals surface area contributed by atoms with Gasteiger partial charge in [0.2, 0.25) is 5.91 Å². The Hall–Kier alpha value is -1.99. The highest BCUT2D eigenvalue weighted by atomic mass is 32.2. The van der Waals surface area contributed by atoms with Crippen molar-refractivity contribution >= 4 is 38.8 Å². The van der Waals surface area contributed by atoms with Gasteiger partial charge < -0.3 is 5.32 Å². The Labute approximate surface area is 127 Å². The summed E-state index contributed by atoms with van der Waals surface area (Å²) in [6, 6.07) is 6.02. The number of hydrogen-bond donors (Lipinski definition) is 1. The maximum Gasteiger partial charge on any atom is 0.248 e. The highest BCUT2D eigenvalue weighted by molar-refractivity contribution is 7.90. The molecular formula is C14H14N2O3S2. The number of carbonyl (C=O) groups is 1. The number of hydrogen-bond acceptors (Lipinski definition) is 5. The van der Waals surface area contributed by atoms with Gasteiger partial charge >= 0.3 is 0 Å². The molecule has 0 radical (unpaired) electrons. The molecule has 5 nitrogen and oxygen atoms in total. The van der Waals surface area contributed by atoms with Crippen molar-refractivity contribution < 1.29 is 13.2 Å². The van der Waals surface area contributed by atoms with Crippen LogP contribution in [0.15, 0.2) is 40.6 Å². The van der Waals surface area contributed by atoms with E-state index in [4.69, 9.17) is 0 Å². The standard InChI is InChI=1S/C14H14N2O3S2/c1-10-15-12(9-20-10)5-8-14(17)16-11-3-6-13(7-4-11)21(2,18)19/h3-9H,1-2H3,(H,16,17)/b8-5+. The lowest BCUT2D eigenvalue weighted by Gasteiger charge is -2.03. The highest BCUT2D eigenvalue weighted by Crippen LogP contribution is 2.14. The van der Waals surface area contributed by atoms with Crippen molar-refractivity contribution in [2.45, 2.75) is 11.8 Å². The summed E-state index contributed by atoms with van der Waals surface area (Å²) in [6.45, 7) is 1.89. The molecule has 110 valence electrons. The summed E-state index contributed by atoms with van der Waals surface area (Å²) in [5.41, 5.74) is 1.27. The molecule has 1 amide bonds. The van der Waals surface area contributed by atoms with E-state index >= 15 is 0 Å². The fourth-order valence-corrected chi connectivity index (χ4v) is 2.80. The molecule has 7 heteroatoms. The average Bonchev–Trinajstić information content (AvgIpc) is 2.82. The molecule has 2 aromatic rings. The van der Waals surface area contributed by atoms with E-state index in [0.717, 1.165) is 17.0 Å². The Morgan fingerprint density at radius 2 is 1.95 bits per heavy atom. The zero-order valence-corrected chi connectivity index (χ0v) is 13.2. The number of anilines is 1. The number of benzene rings is 1. The third kappa shape index (κ3) is 4.51. The van der Waals surface area contributed by atoms with Crippen molar-refractivity contribution in [1.29, 1.82) is 0 Å². The van der Waals surface area contributed by atoms with Gasteiger partial charge in [0.05, 0.1) is 15.6 Å². The molecule has 0 fully saturated rings. The second kappa shape index (κ2) is 6.19. The van der Waals surface area contributed by atoms with E-state index < -0.39 is 9.84 Å². The lowest BCUT2D eigenvalue weighted by molar-refractivity contribution is -0.111. The fourth-order valence-electron chi connectivity index (χ4n) is 1.59. The van der Waals surface area contributed by atoms with Gasteiger partial charge in [-0.2, -0.15) is 0 Å². The SMILES string of the molecule is Cc1nc(/C=C/C(=O)Nc2ccc(S(C)(=O)=O)cc2)cs1. The first-order valence-electron chi connectivity index (χ1n) is 6.06. The van der Waals surface area contributed by atoms with Gasteiger partial charge in [0.25, 0.3) is 0 Å². The number of aryl methyl sites for hydroxylation is 1. The number of nitrogens with one attached hydrogen (secondary N) is 1. The number of thiazole rings is 1. The van der Waals surface area contributed by atoms with Gasteiger partial charge in [-0.15, -0.1) is 11.3 Å². The Morgan fingerprint density at radius 3 is 2.48 bits per heavy atom. The van der Waals surface area contributed by atoms with E-state index in [9.17, 15) is 13.2 Å². The molecule has 0 aliphatic carbocycles. The number of rotatable bonds is 4. The monoisotopic (exact) mass is 322 g/mol. The molecule has 0 saturated heterocycles. The third-order valence-corrected chi connectivity index (χ3v) is 4.51. The molecule has 2 rings (SSSR count). The second-order valence-electron chi connectivity index (χ2n) is 4.41. The Balaban J connectivity index is 2.01. The zero-order chi connectivity index (χ0) is 15.5. The normalized spacial score (nSPS) is 11.7. The molecule has 0 bridgehead atoms. The molecule has 1 aromatic heterocycles. The van der Waals surface area contributed by atoms with E-state index in [1.807, 2.05) is 12.3 Å². The maximum atomic E-state index is 11.7. The summed E-state index contributed by atoms with van der Waals surface area (Å²) < 4.78 is 22.6. The summed E-state index contributed by atoms with van der Waals surface area (Å²) >= 11 is 1.51. The van der Waals surface area contributed by atoms with Gasteiger partial charge in [0.15, 0.2) is 9.84 Å². The lowest BCUT2D eigenvalue weighted by Crippen LogP contribution is -2.08. The average molecular weight is 322 g/mol. The first-order chi connectivity index (χ1) is 9.84. The zero-order valence-electron chi connectivity index (χ0n) is 11.5. The van der Waals surface area contributed by atoms with Crippen LogP contribution in [0.3, 0.4) is 0 Å². The van der Waals surface area contributed by atoms with Crippen LogP contribution in [0.25, 0.3) is 6.08 Å². The van der Waals surface area contributed by atoms with Gasteiger partial charge in [0, 0.05) is 23.4 Å². The molecule has 1 aromatic carbocycles. The predicted octanol–water partition coefficient (Wildman–Crippen LogP) is 2.51. The van der Waals surface area contributed by atoms with Crippen LogP contribution < -0.4 is 5.32 Å². The van der Waals surface area contributed by atoms with Crippen LogP contribution >= 0.6 is 11.3 Å². The topological polar surface area (TPSA) is 76.1 Å². The molecule has 0 aliphatic heterocycles. The van der Waals surface area contributed by atoms with E-state index in [1.165, 1.54) is 29.5 Å². The highest BCUT2D eigenvalue weighted by Gasteiger charge is 2.06. The minimum atomic E-state index is -3.23. The van der Waals surface area contributed by atoms with E-state index in [2.05, 4.69) is 10.3 Å². The smallest absolute Gasteiger partial charge is 0.248 e. The van der Waals surface area contributed by atoms with Gasteiger partial charge in [-0.05, 0) is 37.3 Å². The Morgan fingerprint density at radius 1 is 1.29 bits per heavy atom. The second-order valence-corrected chi connectivity index (χ2v) is 7.49. The largest absolute Gasteiger partial charge is 0.323 e. The number of nitrogens with zero attached hydrogens (tertiary/aromatic N) is 1. The van der Waals surface area contributed by atoms with Gasteiger partial charge in [-0.25, -0.2) is 13.4 Å². The number of aromatic nitrogens is 1. The minimum Gasteiger partial charge on any atom is -0.323 e. The van der Waals surface area contributed by atoms with Crippen LogP contribution in [0.4, 0.5) is 5.69 Å². The van der Waals surface area contributed by atoms with Gasteiger partial charge in [-0.1, -0.05) is 0 Å². The maximum absolute atomic E-state index is 11.7. The summed E-state index contributed by atoms with van der Waals surface area (Å²) in [7, 11) is -3.23. The first-order valence-corrected chi connectivity index (χ1v) is 8.83. The van der Waals surface area contributed by atoms with Crippen molar-refractivity contribution in [2.24, 2.45) is 0 Å². The Kier molecular flexibility index (Phi) is 4.54. The lowest BCUT2D eigenvalue weighted by atomic mass is 10.3. The number of amides is 1. The number of sulfone groups is 1. The van der Waals surface area contributed by atoms with Crippen molar-refractivity contribution in [2.75, 3.05) is 11.6 Å². The number of carbonyl (C=O) groups excluding carboxylic acids is 1. The quantitative estimate of drug-likeness (QED) is 0.878. The van der Waals surface area contributed by atoms with Gasteiger partial charge in [-0.3, -0.25) is 4.79 Å². The fraction of sp³-hybridized carbons (Fsp3) is 0.143. The van der Waals surface area contributed by atoms with Crippen LogP contribution in [0.1, 0.15) is 10.7 Å². The molecule has 21 heavy (non-hydrogen) atoms. The summed E-state index contributed by atoms with van der Waals surface area (Å²) in [6.07, 6.45) is 4.15. The summed E-state index contributed by atoms with van der Waals surface area (Å²) in [5.74, 6) is -0.298. The van der Waals surface area contributed by atoms with Crippen molar-refractivity contribution in [3.63, 3.8) is 0 Å². The first kappa shape index (κ1) is 15.4. The van der Waals surface area contributed by atoms with Crippen LogP contribution in [0.2, 0.25) is 0 Å². The molecule has 0 aliphatic rings. The van der Waals surface area contributed by atoms with Crippen LogP contribution in [0, 0.1) is 6.92 Å². The van der Waals surface area contributed by atoms with Crippen molar-refractivity contribution in [3.8, 4) is 0 Å². The van der Waals surface area contributed by atoms with E-state index in [-0.39, 0.29) is 10.8 Å². The molecular weight excluding hydrogens is 308 g/mol. The predicted molar refractivity (Wildman–Crippen MR) is 84.1 cm³/mol. The van der Waals surface area contributed by atoms with Crippen molar-refractivity contribution in [3.05, 3.63) is 46.4 Å². The Bertz CT molecular complexity index is 775. The minimum absolute atomic E-state index is 0.217. The summed E-state index contributed by atoms with van der Waals surface area (Å²) in [4.78, 5) is 16.2. The van der Waals surface area contributed by atoms with Gasteiger partial charge in [0.1, 0.15) is 0 Å².